The average molecular weight is 356 g/mol. The number of para-hydroxylation sites is 1. The van der Waals surface area contributed by atoms with Crippen molar-refractivity contribution in [1.29, 1.82) is 0 Å². The van der Waals surface area contributed by atoms with E-state index in [0.717, 1.165) is 0 Å². The molecule has 0 aliphatic carbocycles. The Hall–Kier alpha value is -4.00. The van der Waals surface area contributed by atoms with E-state index in [9.17, 15) is 14.9 Å². The molecule has 0 unspecified atom stereocenters. The molecule has 0 fully saturated rings. The van der Waals surface area contributed by atoms with Crippen LogP contribution in [0.1, 0.15) is 15.9 Å². The monoisotopic (exact) mass is 356 g/mol. The first-order chi connectivity index (χ1) is 13.1. The van der Waals surface area contributed by atoms with Gasteiger partial charge in [-0.3, -0.25) is 14.9 Å². The van der Waals surface area contributed by atoms with E-state index in [-0.39, 0.29) is 17.0 Å². The Morgan fingerprint density at radius 1 is 0.852 bits per heavy atom. The van der Waals surface area contributed by atoms with Crippen LogP contribution in [0.25, 0.3) is 22.4 Å². The molecule has 27 heavy (non-hydrogen) atoms. The maximum Gasteiger partial charge on any atom is 0.270 e. The van der Waals surface area contributed by atoms with Crippen LogP contribution in [0.2, 0.25) is 0 Å². The molecule has 0 spiro atoms. The van der Waals surface area contributed by atoms with Gasteiger partial charge in [-0.25, -0.2) is 4.98 Å². The van der Waals surface area contributed by atoms with Crippen molar-refractivity contribution in [3.63, 3.8) is 0 Å². The number of aromatic nitrogens is 3. The van der Waals surface area contributed by atoms with Crippen LogP contribution < -0.4 is 0 Å². The Bertz CT molecular complexity index is 1190. The normalized spacial score (nSPS) is 10.7. The fourth-order valence-electron chi connectivity index (χ4n) is 2.79. The highest BCUT2D eigenvalue weighted by molar-refractivity contribution is 6.12. The van der Waals surface area contributed by atoms with E-state index in [1.54, 1.807) is 36.4 Å². The number of rotatable bonds is 4. The van der Waals surface area contributed by atoms with Crippen molar-refractivity contribution in [1.82, 2.24) is 15.2 Å². The van der Waals surface area contributed by atoms with Crippen molar-refractivity contribution in [3.8, 4) is 11.4 Å². The van der Waals surface area contributed by atoms with Crippen LogP contribution in [0.15, 0.2) is 72.8 Å². The summed E-state index contributed by atoms with van der Waals surface area (Å²) in [5, 5.41) is 19.3. The van der Waals surface area contributed by atoms with Gasteiger partial charge in [0.2, 0.25) is 0 Å². The number of ketones is 1. The van der Waals surface area contributed by atoms with E-state index in [0.29, 0.717) is 28.0 Å². The van der Waals surface area contributed by atoms with Gasteiger partial charge < -0.3 is 0 Å². The number of hydrogen-bond acceptors (Lipinski definition) is 6. The molecule has 7 nitrogen and oxygen atoms in total. The predicted octanol–water partition coefficient (Wildman–Crippen LogP) is 3.83. The Labute approximate surface area is 153 Å². The van der Waals surface area contributed by atoms with Crippen molar-refractivity contribution in [2.75, 3.05) is 0 Å². The summed E-state index contributed by atoms with van der Waals surface area (Å²) in [6.07, 6.45) is 0. The molecular weight excluding hydrogens is 344 g/mol. The van der Waals surface area contributed by atoms with Crippen LogP contribution >= 0.6 is 0 Å². The van der Waals surface area contributed by atoms with E-state index in [2.05, 4.69) is 15.2 Å². The largest absolute Gasteiger partial charge is 0.289 e. The zero-order chi connectivity index (χ0) is 18.8. The summed E-state index contributed by atoms with van der Waals surface area (Å²) in [5.74, 6) is -0.0193. The second kappa shape index (κ2) is 6.72. The third-order valence-corrected chi connectivity index (χ3v) is 4.09. The molecule has 1 heterocycles. The molecule has 0 radical (unpaired) electrons. The molecule has 4 rings (SSSR count). The highest BCUT2D eigenvalue weighted by Crippen LogP contribution is 2.25. The highest BCUT2D eigenvalue weighted by Gasteiger charge is 2.18. The summed E-state index contributed by atoms with van der Waals surface area (Å²) in [6.45, 7) is 0. The van der Waals surface area contributed by atoms with Crippen molar-refractivity contribution in [3.05, 3.63) is 94.0 Å². The summed E-state index contributed by atoms with van der Waals surface area (Å²) in [5.41, 5.74) is 2.29. The van der Waals surface area contributed by atoms with Gasteiger partial charge in [0.25, 0.3) is 5.69 Å². The number of nitro benzene ring substituents is 1. The minimum absolute atomic E-state index is 0.137. The van der Waals surface area contributed by atoms with Crippen LogP contribution in [0, 0.1) is 10.1 Å². The minimum Gasteiger partial charge on any atom is -0.289 e. The molecular formula is C20H12N4O3. The number of carbonyl (C=O) groups excluding carboxylic acids is 1. The van der Waals surface area contributed by atoms with Gasteiger partial charge in [0, 0.05) is 28.8 Å². The second-order valence-corrected chi connectivity index (χ2v) is 5.81. The van der Waals surface area contributed by atoms with Crippen LogP contribution in [0.4, 0.5) is 5.69 Å². The van der Waals surface area contributed by atoms with Gasteiger partial charge in [-0.1, -0.05) is 48.5 Å². The third-order valence-electron chi connectivity index (χ3n) is 4.09. The SMILES string of the molecule is O=C(c1cccc([N+](=O)[O-])c1)c1ccccc1-c1nnc2ccccc2n1. The molecule has 0 aliphatic heterocycles. The molecule has 4 aromatic rings. The molecule has 0 aliphatic rings. The molecule has 1 aromatic heterocycles. The number of benzene rings is 3. The lowest BCUT2D eigenvalue weighted by molar-refractivity contribution is -0.384. The van der Waals surface area contributed by atoms with Gasteiger partial charge in [-0.2, -0.15) is 0 Å². The molecule has 0 N–H and O–H groups in total. The van der Waals surface area contributed by atoms with Crippen molar-refractivity contribution >= 4 is 22.5 Å². The third kappa shape index (κ3) is 3.13. The van der Waals surface area contributed by atoms with E-state index < -0.39 is 4.92 Å². The fourth-order valence-corrected chi connectivity index (χ4v) is 2.79. The summed E-state index contributed by atoms with van der Waals surface area (Å²) < 4.78 is 0. The molecule has 0 amide bonds. The Kier molecular flexibility index (Phi) is 4.10. The van der Waals surface area contributed by atoms with Gasteiger partial charge in [-0.05, 0) is 12.1 Å². The maximum atomic E-state index is 13.0. The molecule has 7 heteroatoms. The smallest absolute Gasteiger partial charge is 0.270 e. The molecule has 3 aromatic carbocycles. The van der Waals surface area contributed by atoms with Gasteiger partial charge in [-0.15, -0.1) is 10.2 Å². The van der Waals surface area contributed by atoms with E-state index in [1.165, 1.54) is 18.2 Å². The Morgan fingerprint density at radius 3 is 2.41 bits per heavy atom. The van der Waals surface area contributed by atoms with E-state index in [4.69, 9.17) is 0 Å². The number of carbonyl (C=O) groups is 1. The standard InChI is InChI=1S/C20H12N4O3/c25-19(13-6-5-7-14(12-13)24(26)27)15-8-1-2-9-16(15)20-21-17-10-3-4-11-18(17)22-23-20/h1-12H. The first-order valence-electron chi connectivity index (χ1n) is 8.11. The molecule has 0 saturated heterocycles. The Balaban J connectivity index is 1.82. The van der Waals surface area contributed by atoms with Crippen molar-refractivity contribution in [2.45, 2.75) is 0 Å². The number of fused-ring (bicyclic) bond motifs is 1. The van der Waals surface area contributed by atoms with Crippen LogP contribution in [-0.4, -0.2) is 25.9 Å². The van der Waals surface area contributed by atoms with Gasteiger partial charge >= 0.3 is 0 Å². The first kappa shape index (κ1) is 16.5. The fraction of sp³-hybridized carbons (Fsp3) is 0. The lowest BCUT2D eigenvalue weighted by Gasteiger charge is -2.08. The summed E-state index contributed by atoms with van der Waals surface area (Å²) in [4.78, 5) is 27.9. The van der Waals surface area contributed by atoms with Gasteiger partial charge in [0.15, 0.2) is 11.6 Å². The van der Waals surface area contributed by atoms with Crippen molar-refractivity contribution in [2.24, 2.45) is 0 Å². The second-order valence-electron chi connectivity index (χ2n) is 5.81. The summed E-state index contributed by atoms with van der Waals surface area (Å²) in [7, 11) is 0. The lowest BCUT2D eigenvalue weighted by Crippen LogP contribution is -2.06. The van der Waals surface area contributed by atoms with Crippen molar-refractivity contribution < 1.29 is 9.72 Å². The van der Waals surface area contributed by atoms with Crippen LogP contribution in [0.3, 0.4) is 0 Å². The number of hydrogen-bond donors (Lipinski definition) is 0. The molecule has 0 bridgehead atoms. The topological polar surface area (TPSA) is 98.9 Å². The minimum atomic E-state index is -0.529. The average Bonchev–Trinajstić information content (AvgIpc) is 2.73. The van der Waals surface area contributed by atoms with Gasteiger partial charge in [0.1, 0.15) is 5.52 Å². The predicted molar refractivity (Wildman–Crippen MR) is 99.3 cm³/mol. The molecule has 130 valence electrons. The number of nitro groups is 1. The molecule has 0 saturated carbocycles. The van der Waals surface area contributed by atoms with E-state index >= 15 is 0 Å². The first-order valence-corrected chi connectivity index (χ1v) is 8.11. The van der Waals surface area contributed by atoms with E-state index in [1.807, 2.05) is 18.2 Å². The molecule has 0 atom stereocenters. The van der Waals surface area contributed by atoms with Gasteiger partial charge in [0.05, 0.1) is 10.4 Å². The van der Waals surface area contributed by atoms with Crippen LogP contribution in [-0.2, 0) is 0 Å². The number of non-ortho nitro benzene ring substituents is 1. The summed E-state index contributed by atoms with van der Waals surface area (Å²) >= 11 is 0. The Morgan fingerprint density at radius 2 is 1.59 bits per heavy atom. The highest BCUT2D eigenvalue weighted by atomic mass is 16.6. The summed E-state index contributed by atoms with van der Waals surface area (Å²) in [6, 6.07) is 19.8. The quantitative estimate of drug-likeness (QED) is 0.313. The zero-order valence-corrected chi connectivity index (χ0v) is 13.9. The number of nitrogens with zero attached hydrogens (tertiary/aromatic N) is 4. The lowest BCUT2D eigenvalue weighted by atomic mass is 9.97. The maximum absolute atomic E-state index is 13.0. The van der Waals surface area contributed by atoms with Crippen LogP contribution in [0.5, 0.6) is 0 Å². The zero-order valence-electron chi connectivity index (χ0n) is 13.9.